The van der Waals surface area contributed by atoms with Crippen LogP contribution in [0.2, 0.25) is 0 Å². The molecule has 2 heterocycles. The van der Waals surface area contributed by atoms with Crippen LogP contribution in [0.1, 0.15) is 64.4 Å². The Balaban J connectivity index is 0.000000546. The maximum absolute atomic E-state index is 13.0. The van der Waals surface area contributed by atoms with Crippen molar-refractivity contribution >= 4 is 12.0 Å². The zero-order valence-electron chi connectivity index (χ0n) is 24.6. The molecule has 40 heavy (non-hydrogen) atoms. The zero-order chi connectivity index (χ0) is 28.2. The van der Waals surface area contributed by atoms with Gasteiger partial charge < -0.3 is 19.4 Å². The van der Waals surface area contributed by atoms with Crippen molar-refractivity contribution in [3.8, 4) is 0 Å². The van der Waals surface area contributed by atoms with E-state index in [1.54, 1.807) is 0 Å². The van der Waals surface area contributed by atoms with Crippen molar-refractivity contribution in [1.29, 1.82) is 0 Å². The normalized spacial score (nSPS) is 22.3. The minimum Gasteiger partial charge on any atom is -0.445 e. The molecule has 0 bridgehead atoms. The second-order valence-electron chi connectivity index (χ2n) is 11.8. The smallest absolute Gasteiger partial charge is 0.410 e. The van der Waals surface area contributed by atoms with Gasteiger partial charge in [-0.1, -0.05) is 92.9 Å². The Morgan fingerprint density at radius 3 is 2.05 bits per heavy atom. The first-order valence-corrected chi connectivity index (χ1v) is 15.5. The molecule has 0 radical (unpaired) electrons. The lowest BCUT2D eigenvalue weighted by Gasteiger charge is -2.38. The van der Waals surface area contributed by atoms with E-state index in [0.717, 1.165) is 64.0 Å². The first-order chi connectivity index (χ1) is 19.5. The topological polar surface area (TPSA) is 53.1 Å². The third-order valence-corrected chi connectivity index (χ3v) is 8.97. The molecule has 2 aromatic rings. The molecule has 2 aromatic carbocycles. The molecule has 6 nitrogen and oxygen atoms in total. The molecule has 5 rings (SSSR count). The third-order valence-electron chi connectivity index (χ3n) is 8.97. The SMILES string of the molecule is CCN(C(=O)OCc1ccccc1)C1CCN(C[C@H]2CN(C(=O)C3CCCCC3)CC2C)CC1.c1ccccc1. The van der Waals surface area contributed by atoms with Crippen LogP contribution >= 0.6 is 0 Å². The van der Waals surface area contributed by atoms with E-state index in [1.807, 2.05) is 78.6 Å². The second-order valence-corrected chi connectivity index (χ2v) is 11.8. The van der Waals surface area contributed by atoms with Gasteiger partial charge >= 0.3 is 6.09 Å². The fraction of sp³-hybridized carbons (Fsp3) is 0.588. The number of ether oxygens (including phenoxy) is 1. The fourth-order valence-corrected chi connectivity index (χ4v) is 6.53. The average Bonchev–Trinajstić information content (AvgIpc) is 3.38. The van der Waals surface area contributed by atoms with Gasteiger partial charge in [0.15, 0.2) is 0 Å². The summed E-state index contributed by atoms with van der Waals surface area (Å²) in [6.07, 6.45) is 7.66. The van der Waals surface area contributed by atoms with Crippen LogP contribution in [0.4, 0.5) is 4.79 Å². The molecule has 6 heteroatoms. The number of carbonyl (C=O) groups is 2. The van der Waals surface area contributed by atoms with E-state index in [1.165, 1.54) is 19.3 Å². The maximum Gasteiger partial charge on any atom is 0.410 e. The van der Waals surface area contributed by atoms with Crippen LogP contribution in [0.25, 0.3) is 0 Å². The molecule has 2 aliphatic heterocycles. The molecule has 2 saturated heterocycles. The summed E-state index contributed by atoms with van der Waals surface area (Å²) in [5.41, 5.74) is 1.02. The molecular formula is C34H49N3O3. The quantitative estimate of drug-likeness (QED) is 0.399. The summed E-state index contributed by atoms with van der Waals surface area (Å²) in [7, 11) is 0. The van der Waals surface area contributed by atoms with Crippen LogP contribution in [-0.2, 0) is 16.1 Å². The van der Waals surface area contributed by atoms with Crippen LogP contribution in [0.3, 0.4) is 0 Å². The Hall–Kier alpha value is -2.86. The van der Waals surface area contributed by atoms with Gasteiger partial charge in [0.2, 0.25) is 5.91 Å². The first kappa shape index (κ1) is 30.1. The van der Waals surface area contributed by atoms with E-state index in [-0.39, 0.29) is 18.1 Å². The molecule has 1 unspecified atom stereocenters. The number of likely N-dealkylation sites (tertiary alicyclic amines) is 2. The maximum atomic E-state index is 13.0. The van der Waals surface area contributed by atoms with Gasteiger partial charge in [0.1, 0.15) is 6.61 Å². The molecule has 2 atom stereocenters. The fourth-order valence-electron chi connectivity index (χ4n) is 6.53. The molecule has 0 aromatic heterocycles. The largest absolute Gasteiger partial charge is 0.445 e. The summed E-state index contributed by atoms with van der Waals surface area (Å²) in [4.78, 5) is 32.4. The van der Waals surface area contributed by atoms with Gasteiger partial charge in [-0.3, -0.25) is 4.79 Å². The van der Waals surface area contributed by atoms with Crippen molar-refractivity contribution in [2.75, 3.05) is 39.3 Å². The highest BCUT2D eigenvalue weighted by molar-refractivity contribution is 5.79. The summed E-state index contributed by atoms with van der Waals surface area (Å²) >= 11 is 0. The van der Waals surface area contributed by atoms with E-state index in [9.17, 15) is 9.59 Å². The van der Waals surface area contributed by atoms with Crippen LogP contribution in [-0.4, -0.2) is 72.0 Å². The molecule has 2 amide bonds. The van der Waals surface area contributed by atoms with Crippen molar-refractivity contribution < 1.29 is 14.3 Å². The number of amides is 2. The number of hydrogen-bond acceptors (Lipinski definition) is 4. The van der Waals surface area contributed by atoms with E-state index in [0.29, 0.717) is 30.9 Å². The summed E-state index contributed by atoms with van der Waals surface area (Å²) in [5, 5.41) is 0. The number of carbonyl (C=O) groups excluding carboxylic acids is 2. The summed E-state index contributed by atoms with van der Waals surface area (Å²) < 4.78 is 5.60. The molecule has 1 saturated carbocycles. The number of rotatable bonds is 7. The van der Waals surface area contributed by atoms with Crippen LogP contribution < -0.4 is 0 Å². The molecular weight excluding hydrogens is 498 g/mol. The lowest BCUT2D eigenvalue weighted by atomic mass is 9.88. The lowest BCUT2D eigenvalue weighted by Crippen LogP contribution is -2.48. The van der Waals surface area contributed by atoms with Crippen molar-refractivity contribution in [1.82, 2.24) is 14.7 Å². The van der Waals surface area contributed by atoms with Gasteiger partial charge in [-0.25, -0.2) is 4.79 Å². The zero-order valence-corrected chi connectivity index (χ0v) is 24.6. The van der Waals surface area contributed by atoms with Gasteiger partial charge in [0.05, 0.1) is 0 Å². The molecule has 3 aliphatic rings. The van der Waals surface area contributed by atoms with Gasteiger partial charge in [-0.2, -0.15) is 0 Å². The van der Waals surface area contributed by atoms with Gasteiger partial charge in [-0.05, 0) is 50.0 Å². The molecule has 3 fully saturated rings. The number of benzene rings is 2. The number of piperidine rings is 1. The van der Waals surface area contributed by atoms with Gasteiger partial charge in [-0.15, -0.1) is 0 Å². The Labute approximate surface area is 241 Å². The van der Waals surface area contributed by atoms with Crippen LogP contribution in [0.15, 0.2) is 66.7 Å². The standard InChI is InChI=1S/C28H43N3O3.C6H6/c1-3-31(28(33)34-21-23-10-6-4-7-11-23)26-14-16-29(17-15-26)19-25-20-30(18-22(25)2)27(32)24-12-8-5-9-13-24;1-2-4-6-5-3-1/h4,6-7,10-11,22,24-26H,3,5,8-9,12-21H2,1-2H3;1-6H/t22?,25-;/m0./s1. The molecule has 1 aliphatic carbocycles. The van der Waals surface area contributed by atoms with Gasteiger partial charge in [0.25, 0.3) is 0 Å². The van der Waals surface area contributed by atoms with Crippen LogP contribution in [0.5, 0.6) is 0 Å². The van der Waals surface area contributed by atoms with Crippen molar-refractivity contribution in [2.45, 2.75) is 71.4 Å². The minimum absolute atomic E-state index is 0.203. The van der Waals surface area contributed by atoms with Crippen LogP contribution in [0, 0.1) is 17.8 Å². The van der Waals surface area contributed by atoms with Gasteiger partial charge in [0, 0.05) is 51.2 Å². The van der Waals surface area contributed by atoms with E-state index >= 15 is 0 Å². The van der Waals surface area contributed by atoms with E-state index < -0.39 is 0 Å². The lowest BCUT2D eigenvalue weighted by molar-refractivity contribution is -0.135. The number of hydrogen-bond donors (Lipinski definition) is 0. The molecule has 0 spiro atoms. The Morgan fingerprint density at radius 1 is 0.850 bits per heavy atom. The van der Waals surface area contributed by atoms with Crippen molar-refractivity contribution in [3.05, 3.63) is 72.3 Å². The second kappa shape index (κ2) is 15.8. The number of nitrogens with zero attached hydrogens (tertiary/aromatic N) is 3. The predicted molar refractivity (Wildman–Crippen MR) is 161 cm³/mol. The monoisotopic (exact) mass is 547 g/mol. The minimum atomic E-state index is -0.203. The van der Waals surface area contributed by atoms with Crippen molar-refractivity contribution in [2.24, 2.45) is 17.8 Å². The van der Waals surface area contributed by atoms with E-state index in [2.05, 4.69) is 16.7 Å². The molecule has 218 valence electrons. The Kier molecular flexibility index (Phi) is 11.9. The summed E-state index contributed by atoms with van der Waals surface area (Å²) in [5.74, 6) is 1.81. The summed E-state index contributed by atoms with van der Waals surface area (Å²) in [6.45, 7) is 10.3. The third kappa shape index (κ3) is 8.82. The average molecular weight is 548 g/mol. The predicted octanol–water partition coefficient (Wildman–Crippen LogP) is 6.47. The van der Waals surface area contributed by atoms with Crippen molar-refractivity contribution in [3.63, 3.8) is 0 Å². The molecule has 0 N–H and O–H groups in total. The Morgan fingerprint density at radius 2 is 1.45 bits per heavy atom. The highest BCUT2D eigenvalue weighted by atomic mass is 16.6. The first-order valence-electron chi connectivity index (χ1n) is 15.5. The highest BCUT2D eigenvalue weighted by Crippen LogP contribution is 2.31. The highest BCUT2D eigenvalue weighted by Gasteiger charge is 2.37. The summed E-state index contributed by atoms with van der Waals surface area (Å²) in [6, 6.07) is 22.1. The Bertz CT molecular complexity index is 977. The van der Waals surface area contributed by atoms with E-state index in [4.69, 9.17) is 4.74 Å².